The first-order valence-corrected chi connectivity index (χ1v) is 4.51. The molecule has 0 saturated heterocycles. The van der Waals surface area contributed by atoms with E-state index in [1.54, 1.807) is 7.11 Å². The molecule has 0 aliphatic heterocycles. The highest BCUT2D eigenvalue weighted by atomic mass is 16.5. The number of aromatic nitrogens is 2. The van der Waals surface area contributed by atoms with Gasteiger partial charge >= 0.3 is 0 Å². The van der Waals surface area contributed by atoms with Gasteiger partial charge in [0.05, 0.1) is 12.3 Å². The summed E-state index contributed by atoms with van der Waals surface area (Å²) < 4.78 is 6.74. The van der Waals surface area contributed by atoms with E-state index in [0.717, 1.165) is 31.8 Å². The molecule has 13 heavy (non-hydrogen) atoms. The molecule has 1 aromatic rings. The monoisotopic (exact) mass is 183 g/mol. The van der Waals surface area contributed by atoms with E-state index in [9.17, 15) is 0 Å². The van der Waals surface area contributed by atoms with Gasteiger partial charge in [-0.05, 0) is 6.07 Å². The summed E-state index contributed by atoms with van der Waals surface area (Å²) in [6, 6.07) is 2.04. The summed E-state index contributed by atoms with van der Waals surface area (Å²) in [6.07, 6.45) is 2.94. The van der Waals surface area contributed by atoms with Crippen LogP contribution in [0, 0.1) is 0 Å². The minimum absolute atomic E-state index is 0.766. The molecule has 0 fully saturated rings. The maximum Gasteiger partial charge on any atom is 0.0637 e. The van der Waals surface area contributed by atoms with Gasteiger partial charge in [0.1, 0.15) is 0 Å². The second-order valence-corrected chi connectivity index (χ2v) is 2.97. The maximum absolute atomic E-state index is 4.92. The van der Waals surface area contributed by atoms with Gasteiger partial charge in [0, 0.05) is 39.9 Å². The Hall–Kier alpha value is -0.870. The Balaban J connectivity index is 2.06. The van der Waals surface area contributed by atoms with E-state index in [1.165, 1.54) is 0 Å². The minimum Gasteiger partial charge on any atom is -0.383 e. The quantitative estimate of drug-likeness (QED) is 0.640. The van der Waals surface area contributed by atoms with Gasteiger partial charge in [-0.1, -0.05) is 0 Å². The number of nitrogens with one attached hydrogen (secondary N) is 1. The molecule has 0 aliphatic carbocycles. The van der Waals surface area contributed by atoms with Crippen LogP contribution < -0.4 is 5.32 Å². The zero-order chi connectivity index (χ0) is 9.52. The fraction of sp³-hybridized carbons (Fsp3) is 0.667. The molecule has 1 rings (SSSR count). The van der Waals surface area contributed by atoms with E-state index in [4.69, 9.17) is 4.74 Å². The maximum atomic E-state index is 4.92. The molecule has 0 bridgehead atoms. The summed E-state index contributed by atoms with van der Waals surface area (Å²) in [6.45, 7) is 2.63. The lowest BCUT2D eigenvalue weighted by Gasteiger charge is -2.01. The third kappa shape index (κ3) is 4.05. The fourth-order valence-electron chi connectivity index (χ4n) is 1.11. The topological polar surface area (TPSA) is 39.1 Å². The molecule has 0 atom stereocenters. The van der Waals surface area contributed by atoms with Crippen LogP contribution >= 0.6 is 0 Å². The lowest BCUT2D eigenvalue weighted by molar-refractivity contribution is 0.199. The van der Waals surface area contributed by atoms with Crippen molar-refractivity contribution in [2.75, 3.05) is 26.8 Å². The predicted molar refractivity (Wildman–Crippen MR) is 51.7 cm³/mol. The van der Waals surface area contributed by atoms with Gasteiger partial charge in [0.25, 0.3) is 0 Å². The standard InChI is InChI=1S/C9H17N3O/c1-12-7-4-9(11-12)3-5-10-6-8-13-2/h4,7,10H,3,5-6,8H2,1-2H3. The predicted octanol–water partition coefficient (Wildman–Crippen LogP) is 0.199. The molecule has 0 radical (unpaired) electrons. The number of nitrogens with zero attached hydrogens (tertiary/aromatic N) is 2. The van der Waals surface area contributed by atoms with Crippen LogP contribution in [0.4, 0.5) is 0 Å². The van der Waals surface area contributed by atoms with Crippen LogP contribution in [0.1, 0.15) is 5.69 Å². The van der Waals surface area contributed by atoms with Crippen molar-refractivity contribution < 1.29 is 4.74 Å². The number of hydrogen-bond donors (Lipinski definition) is 1. The summed E-state index contributed by atoms with van der Waals surface area (Å²) >= 11 is 0. The molecular formula is C9H17N3O. The van der Waals surface area contributed by atoms with Gasteiger partial charge in [0.15, 0.2) is 0 Å². The highest BCUT2D eigenvalue weighted by Gasteiger charge is 1.95. The molecule has 1 aromatic heterocycles. The Morgan fingerprint density at radius 1 is 1.54 bits per heavy atom. The SMILES string of the molecule is COCCNCCc1ccn(C)n1. The van der Waals surface area contributed by atoms with Gasteiger partial charge in [-0.3, -0.25) is 4.68 Å². The Labute approximate surface area is 78.9 Å². The number of hydrogen-bond acceptors (Lipinski definition) is 3. The Kier molecular flexibility index (Phi) is 4.49. The minimum atomic E-state index is 0.766. The molecule has 0 unspecified atom stereocenters. The molecular weight excluding hydrogens is 166 g/mol. The van der Waals surface area contributed by atoms with Crippen molar-refractivity contribution in [2.45, 2.75) is 6.42 Å². The fourth-order valence-corrected chi connectivity index (χ4v) is 1.11. The average molecular weight is 183 g/mol. The van der Waals surface area contributed by atoms with E-state index >= 15 is 0 Å². The molecule has 0 aliphatic rings. The van der Waals surface area contributed by atoms with E-state index in [0.29, 0.717) is 0 Å². The lowest BCUT2D eigenvalue weighted by atomic mass is 10.3. The number of aryl methyl sites for hydroxylation is 1. The van der Waals surface area contributed by atoms with Crippen LogP contribution in [0.3, 0.4) is 0 Å². The van der Waals surface area contributed by atoms with Crippen molar-refractivity contribution in [3.05, 3.63) is 18.0 Å². The molecule has 1 heterocycles. The van der Waals surface area contributed by atoms with Gasteiger partial charge in [-0.25, -0.2) is 0 Å². The van der Waals surface area contributed by atoms with Crippen molar-refractivity contribution in [1.82, 2.24) is 15.1 Å². The Bertz CT molecular complexity index is 235. The molecule has 0 aromatic carbocycles. The van der Waals surface area contributed by atoms with E-state index in [2.05, 4.69) is 10.4 Å². The van der Waals surface area contributed by atoms with Crippen LogP contribution in [-0.4, -0.2) is 36.6 Å². The molecule has 0 amide bonds. The first kappa shape index (κ1) is 10.2. The summed E-state index contributed by atoms with van der Waals surface area (Å²) in [7, 11) is 3.64. The largest absolute Gasteiger partial charge is 0.383 e. The van der Waals surface area contributed by atoms with Crippen LogP contribution in [0.5, 0.6) is 0 Å². The molecule has 74 valence electrons. The first-order chi connectivity index (χ1) is 6.33. The summed E-state index contributed by atoms with van der Waals surface area (Å²) in [5.74, 6) is 0. The molecule has 0 spiro atoms. The molecule has 0 saturated carbocycles. The van der Waals surface area contributed by atoms with Crippen molar-refractivity contribution in [3.8, 4) is 0 Å². The lowest BCUT2D eigenvalue weighted by Crippen LogP contribution is -2.21. The van der Waals surface area contributed by atoms with Crippen LogP contribution in [0.15, 0.2) is 12.3 Å². The highest BCUT2D eigenvalue weighted by Crippen LogP contribution is 1.93. The highest BCUT2D eigenvalue weighted by molar-refractivity contribution is 4.98. The van der Waals surface area contributed by atoms with Gasteiger partial charge < -0.3 is 10.1 Å². The molecule has 4 nitrogen and oxygen atoms in total. The smallest absolute Gasteiger partial charge is 0.0637 e. The van der Waals surface area contributed by atoms with Crippen molar-refractivity contribution in [2.24, 2.45) is 7.05 Å². The molecule has 1 N–H and O–H groups in total. The summed E-state index contributed by atoms with van der Waals surface area (Å²) in [5.41, 5.74) is 1.13. The van der Waals surface area contributed by atoms with E-state index in [1.807, 2.05) is 24.0 Å². The van der Waals surface area contributed by atoms with Crippen LogP contribution in [-0.2, 0) is 18.2 Å². The second kappa shape index (κ2) is 5.72. The Morgan fingerprint density at radius 3 is 3.00 bits per heavy atom. The summed E-state index contributed by atoms with van der Waals surface area (Å²) in [4.78, 5) is 0. The molecule has 4 heteroatoms. The first-order valence-electron chi connectivity index (χ1n) is 4.51. The second-order valence-electron chi connectivity index (χ2n) is 2.97. The Morgan fingerprint density at radius 2 is 2.38 bits per heavy atom. The van der Waals surface area contributed by atoms with Crippen molar-refractivity contribution >= 4 is 0 Å². The van der Waals surface area contributed by atoms with Gasteiger partial charge in [0.2, 0.25) is 0 Å². The van der Waals surface area contributed by atoms with Crippen LogP contribution in [0.2, 0.25) is 0 Å². The number of methoxy groups -OCH3 is 1. The van der Waals surface area contributed by atoms with Gasteiger partial charge in [-0.15, -0.1) is 0 Å². The normalized spacial score (nSPS) is 10.6. The van der Waals surface area contributed by atoms with E-state index < -0.39 is 0 Å². The third-order valence-electron chi connectivity index (χ3n) is 1.81. The summed E-state index contributed by atoms with van der Waals surface area (Å²) in [5, 5.41) is 7.54. The van der Waals surface area contributed by atoms with E-state index in [-0.39, 0.29) is 0 Å². The zero-order valence-electron chi connectivity index (χ0n) is 8.29. The third-order valence-corrected chi connectivity index (χ3v) is 1.81. The zero-order valence-corrected chi connectivity index (χ0v) is 8.29. The van der Waals surface area contributed by atoms with Gasteiger partial charge in [-0.2, -0.15) is 5.10 Å². The van der Waals surface area contributed by atoms with Crippen molar-refractivity contribution in [1.29, 1.82) is 0 Å². The number of rotatable bonds is 6. The number of ether oxygens (including phenoxy) is 1. The van der Waals surface area contributed by atoms with Crippen molar-refractivity contribution in [3.63, 3.8) is 0 Å². The van der Waals surface area contributed by atoms with Crippen LogP contribution in [0.25, 0.3) is 0 Å². The average Bonchev–Trinajstić information content (AvgIpc) is 2.51.